The van der Waals surface area contributed by atoms with Crippen LogP contribution in [0.5, 0.6) is 0 Å². The zero-order chi connectivity index (χ0) is 12.3. The Balaban J connectivity index is 2.03. The summed E-state index contributed by atoms with van der Waals surface area (Å²) >= 11 is 0. The van der Waals surface area contributed by atoms with E-state index in [1.807, 2.05) is 14.0 Å². The number of nitrogens with zero attached hydrogens (tertiary/aromatic N) is 2. The molecule has 0 aliphatic heterocycles. The van der Waals surface area contributed by atoms with Gasteiger partial charge in [-0.25, -0.2) is 9.97 Å². The highest BCUT2D eigenvalue weighted by molar-refractivity contribution is 5.56. The van der Waals surface area contributed by atoms with Crippen molar-refractivity contribution >= 4 is 11.6 Å². The van der Waals surface area contributed by atoms with E-state index in [1.165, 1.54) is 0 Å². The number of rotatable bonds is 3. The molecule has 3 N–H and O–H groups in total. The number of hydrogen-bond acceptors (Lipinski definition) is 5. The van der Waals surface area contributed by atoms with Crippen LogP contribution in [0.15, 0.2) is 6.33 Å². The summed E-state index contributed by atoms with van der Waals surface area (Å²) in [7, 11) is 1.86. The molecule has 0 atom stereocenters. The van der Waals surface area contributed by atoms with Crippen molar-refractivity contribution in [1.82, 2.24) is 9.97 Å². The van der Waals surface area contributed by atoms with Crippen LogP contribution in [0, 0.1) is 6.92 Å². The van der Waals surface area contributed by atoms with Gasteiger partial charge in [0.1, 0.15) is 18.0 Å². The summed E-state index contributed by atoms with van der Waals surface area (Å²) in [5.41, 5.74) is 1.04. The molecule has 1 aliphatic rings. The number of aromatic nitrogens is 2. The van der Waals surface area contributed by atoms with Crippen molar-refractivity contribution in [2.75, 3.05) is 17.7 Å². The minimum absolute atomic E-state index is 0.118. The average Bonchev–Trinajstić information content (AvgIpc) is 2.35. The lowest BCUT2D eigenvalue weighted by molar-refractivity contribution is 0.126. The Morgan fingerprint density at radius 3 is 2.47 bits per heavy atom. The van der Waals surface area contributed by atoms with Gasteiger partial charge < -0.3 is 15.7 Å². The van der Waals surface area contributed by atoms with E-state index >= 15 is 0 Å². The van der Waals surface area contributed by atoms with Gasteiger partial charge in [-0.05, 0) is 32.6 Å². The fraction of sp³-hybridized carbons (Fsp3) is 0.667. The first kappa shape index (κ1) is 12.1. The first-order valence-corrected chi connectivity index (χ1v) is 6.14. The predicted octanol–water partition coefficient (Wildman–Crippen LogP) is 1.54. The van der Waals surface area contributed by atoms with Crippen LogP contribution >= 0.6 is 0 Å². The molecule has 2 rings (SSSR count). The van der Waals surface area contributed by atoms with E-state index < -0.39 is 0 Å². The molecule has 1 aliphatic carbocycles. The molecule has 5 nitrogen and oxygen atoms in total. The molecule has 1 aromatic heterocycles. The van der Waals surface area contributed by atoms with Crippen molar-refractivity contribution in [3.8, 4) is 0 Å². The van der Waals surface area contributed by atoms with Crippen LogP contribution in [0.3, 0.4) is 0 Å². The summed E-state index contributed by atoms with van der Waals surface area (Å²) in [6.07, 6.45) is 5.20. The molecule has 1 aromatic rings. The van der Waals surface area contributed by atoms with E-state index in [0.29, 0.717) is 6.04 Å². The fourth-order valence-electron chi connectivity index (χ4n) is 2.26. The Hall–Kier alpha value is -1.36. The molecule has 0 saturated heterocycles. The monoisotopic (exact) mass is 236 g/mol. The average molecular weight is 236 g/mol. The highest BCUT2D eigenvalue weighted by Gasteiger charge is 2.20. The molecule has 94 valence electrons. The second-order valence-electron chi connectivity index (χ2n) is 4.60. The van der Waals surface area contributed by atoms with Gasteiger partial charge in [-0.1, -0.05) is 0 Å². The largest absolute Gasteiger partial charge is 0.393 e. The molecule has 17 heavy (non-hydrogen) atoms. The molecule has 0 bridgehead atoms. The van der Waals surface area contributed by atoms with Crippen LogP contribution in [0.2, 0.25) is 0 Å². The number of aliphatic hydroxyl groups excluding tert-OH is 1. The molecule has 5 heteroatoms. The topological polar surface area (TPSA) is 70.1 Å². The molecule has 1 saturated carbocycles. The Kier molecular flexibility index (Phi) is 3.78. The standard InChI is InChI=1S/C12H20N4O/c1-8-11(13-2)14-7-15-12(8)16-9-3-5-10(17)6-4-9/h7,9-10,17H,3-6H2,1-2H3,(H2,13,14,15,16). The summed E-state index contributed by atoms with van der Waals surface area (Å²) in [4.78, 5) is 8.44. The number of anilines is 2. The maximum atomic E-state index is 9.47. The minimum Gasteiger partial charge on any atom is -0.393 e. The number of hydrogen-bond donors (Lipinski definition) is 3. The Labute approximate surface area is 102 Å². The molecular weight excluding hydrogens is 216 g/mol. The summed E-state index contributed by atoms with van der Waals surface area (Å²) in [5.74, 6) is 1.75. The summed E-state index contributed by atoms with van der Waals surface area (Å²) < 4.78 is 0. The summed E-state index contributed by atoms with van der Waals surface area (Å²) in [6.45, 7) is 2.01. The van der Waals surface area contributed by atoms with E-state index in [2.05, 4.69) is 20.6 Å². The van der Waals surface area contributed by atoms with E-state index in [0.717, 1.165) is 42.9 Å². The number of nitrogens with one attached hydrogen (secondary N) is 2. The van der Waals surface area contributed by atoms with Gasteiger partial charge in [0.2, 0.25) is 0 Å². The highest BCUT2D eigenvalue weighted by Crippen LogP contribution is 2.24. The van der Waals surface area contributed by atoms with Gasteiger partial charge >= 0.3 is 0 Å². The first-order chi connectivity index (χ1) is 8.20. The van der Waals surface area contributed by atoms with Crippen LogP contribution in [0.1, 0.15) is 31.2 Å². The van der Waals surface area contributed by atoms with Gasteiger partial charge in [0.25, 0.3) is 0 Å². The normalized spacial score (nSPS) is 24.4. The minimum atomic E-state index is -0.118. The van der Waals surface area contributed by atoms with E-state index in [9.17, 15) is 5.11 Å². The Morgan fingerprint density at radius 1 is 1.18 bits per heavy atom. The molecule has 1 heterocycles. The van der Waals surface area contributed by atoms with Crippen molar-refractivity contribution in [2.24, 2.45) is 0 Å². The van der Waals surface area contributed by atoms with E-state index in [4.69, 9.17) is 0 Å². The first-order valence-electron chi connectivity index (χ1n) is 6.14. The summed E-state index contributed by atoms with van der Waals surface area (Å²) in [6, 6.07) is 0.414. The zero-order valence-corrected chi connectivity index (χ0v) is 10.4. The van der Waals surface area contributed by atoms with E-state index in [1.54, 1.807) is 6.33 Å². The molecule has 0 unspecified atom stereocenters. The van der Waals surface area contributed by atoms with Crippen molar-refractivity contribution in [1.29, 1.82) is 0 Å². The summed E-state index contributed by atoms with van der Waals surface area (Å²) in [5, 5.41) is 16.0. The predicted molar refractivity (Wildman–Crippen MR) is 68.2 cm³/mol. The molecule has 0 radical (unpaired) electrons. The van der Waals surface area contributed by atoms with Gasteiger partial charge in [0, 0.05) is 18.7 Å². The van der Waals surface area contributed by atoms with Gasteiger partial charge in [-0.2, -0.15) is 0 Å². The van der Waals surface area contributed by atoms with Crippen molar-refractivity contribution in [3.05, 3.63) is 11.9 Å². The molecule has 0 spiro atoms. The quantitative estimate of drug-likeness (QED) is 0.742. The third kappa shape index (κ3) is 2.85. The van der Waals surface area contributed by atoms with Gasteiger partial charge in [0.15, 0.2) is 0 Å². The Bertz CT molecular complexity index is 375. The molecule has 0 aromatic carbocycles. The van der Waals surface area contributed by atoms with Crippen molar-refractivity contribution in [3.63, 3.8) is 0 Å². The molecule has 1 fully saturated rings. The zero-order valence-electron chi connectivity index (χ0n) is 10.4. The van der Waals surface area contributed by atoms with Crippen LogP contribution in [0.4, 0.5) is 11.6 Å². The lowest BCUT2D eigenvalue weighted by Gasteiger charge is -2.27. The van der Waals surface area contributed by atoms with Crippen molar-refractivity contribution < 1.29 is 5.11 Å². The molecule has 0 amide bonds. The maximum absolute atomic E-state index is 9.47. The SMILES string of the molecule is CNc1ncnc(NC2CCC(O)CC2)c1C. The second-order valence-corrected chi connectivity index (χ2v) is 4.60. The van der Waals surface area contributed by atoms with Gasteiger partial charge in [-0.15, -0.1) is 0 Å². The lowest BCUT2D eigenvalue weighted by Crippen LogP contribution is -2.29. The van der Waals surface area contributed by atoms with Crippen LogP contribution in [-0.4, -0.2) is 34.3 Å². The third-order valence-corrected chi connectivity index (χ3v) is 3.36. The van der Waals surface area contributed by atoms with Crippen LogP contribution in [-0.2, 0) is 0 Å². The van der Waals surface area contributed by atoms with Crippen molar-refractivity contribution in [2.45, 2.75) is 44.8 Å². The number of aliphatic hydroxyl groups is 1. The lowest BCUT2D eigenvalue weighted by atomic mass is 9.93. The van der Waals surface area contributed by atoms with Gasteiger partial charge in [0.05, 0.1) is 6.10 Å². The highest BCUT2D eigenvalue weighted by atomic mass is 16.3. The van der Waals surface area contributed by atoms with Gasteiger partial charge in [-0.3, -0.25) is 0 Å². The second kappa shape index (κ2) is 5.31. The fourth-order valence-corrected chi connectivity index (χ4v) is 2.26. The maximum Gasteiger partial charge on any atom is 0.134 e. The van der Waals surface area contributed by atoms with Crippen LogP contribution < -0.4 is 10.6 Å². The smallest absolute Gasteiger partial charge is 0.134 e. The van der Waals surface area contributed by atoms with Crippen LogP contribution in [0.25, 0.3) is 0 Å². The Morgan fingerprint density at radius 2 is 1.82 bits per heavy atom. The third-order valence-electron chi connectivity index (χ3n) is 3.36. The molecular formula is C12H20N4O. The van der Waals surface area contributed by atoms with E-state index in [-0.39, 0.29) is 6.10 Å².